The summed E-state index contributed by atoms with van der Waals surface area (Å²) in [5, 5.41) is 31.7. The number of benzene rings is 2. The lowest BCUT2D eigenvalue weighted by molar-refractivity contribution is -0.161. The fourth-order valence-electron chi connectivity index (χ4n) is 7.48. The van der Waals surface area contributed by atoms with Crippen molar-refractivity contribution in [1.29, 1.82) is 15.8 Å². The number of carbonyl (C=O) groups excluding carboxylic acids is 13. The van der Waals surface area contributed by atoms with Gasteiger partial charge in [-0.15, -0.1) is 0 Å². The Balaban J connectivity index is -0.000000426. The van der Waals surface area contributed by atoms with Gasteiger partial charge in [0.25, 0.3) is 0 Å². The number of nitrogens with one attached hydrogen (secondary N) is 2. The number of rotatable bonds is 39. The van der Waals surface area contributed by atoms with E-state index in [2.05, 4.69) is 52.6 Å². The molecule has 2 N–H and O–H groups in total. The van der Waals surface area contributed by atoms with Crippen molar-refractivity contribution < 1.29 is 119 Å². The smallest absolute Gasteiger partial charge is 0.407 e. The Kier molecular flexibility index (Phi) is 69.3. The highest BCUT2D eigenvalue weighted by atomic mass is 16.6. The third kappa shape index (κ3) is 60.4. The van der Waals surface area contributed by atoms with Crippen LogP contribution in [0, 0.1) is 81.5 Å². The van der Waals surface area contributed by atoms with Gasteiger partial charge in [0.1, 0.15) is 77.3 Å². The Bertz CT molecular complexity index is 3700. The zero-order valence-corrected chi connectivity index (χ0v) is 75.0. The molecular weight excluding hydrogens is 1570 g/mol. The van der Waals surface area contributed by atoms with Crippen molar-refractivity contribution in [3.8, 4) is 24.0 Å². The quantitative estimate of drug-likeness (QED) is 0.0157. The van der Waals surface area contributed by atoms with Gasteiger partial charge in [-0.3, -0.25) is 33.6 Å². The lowest BCUT2D eigenvalue weighted by Gasteiger charge is -2.31. The molecule has 0 aromatic heterocycles. The Hall–Kier alpha value is -11.7. The number of para-hydroxylation sites is 1. The molecule has 3 rings (SSSR count). The highest BCUT2D eigenvalue weighted by Gasteiger charge is 2.37. The van der Waals surface area contributed by atoms with Crippen LogP contribution < -0.4 is 15.4 Å². The summed E-state index contributed by atoms with van der Waals surface area (Å²) in [6, 6.07) is 19.8. The van der Waals surface area contributed by atoms with E-state index in [0.29, 0.717) is 59.3 Å². The Morgan fingerprint density at radius 3 is 1.31 bits per heavy atom. The highest BCUT2D eigenvalue weighted by Crippen LogP contribution is 2.32. The van der Waals surface area contributed by atoms with E-state index in [4.69, 9.17) is 74.5 Å². The number of nitrogens with zero attached hydrogens (tertiary/aromatic N) is 4. The Morgan fingerprint density at radius 1 is 0.512 bits per heavy atom. The van der Waals surface area contributed by atoms with E-state index in [1.165, 1.54) is 6.92 Å². The molecule has 31 nitrogen and oxygen atoms in total. The molecule has 0 radical (unpaired) electrons. The number of nitriles is 3. The molecule has 1 aliphatic carbocycles. The largest absolute Gasteiger partial charge is 0.462 e. The standard InChI is InChI=1S/C14H23NO6.C12H14N2O.C12H13NO2.C12H19NO2.C12H20O4.C11H18O4.C10H16O4.C7H11NO2/c1-5-11(4)13(17)20-8-9-21-14(18)15-6-7-19-12(16)10(2)3;1-3-9(2)12(15)14-11-6-4-10(8-13)5-7-11;1-3-9(2)12(14)15-11-7-5-4-6-10(11)8-13;1-3-10(2)11(14)15-12(9-13)7-5-4-6-8-12;1-6-12(4,5)11(14)16-8-7-15-10(13)9(2)3;1-5-9(4)11(13)15-7-6-14-10(12)8(2)3;1-4-8(3)10(12)14-7-6-13-9(11)5-2;1-4-6(2)10-7(9)5-8-3/h11H,2,5-9H2,1,3-4H3,(H,15,18);4-7,9H,3H2,1-2H3,(H,14,15);4-7,9H,3H2,1-2H3;10H,3-8H2,1-2H3;2,6-8H2,1,3-5H3;9H,2,5-7H2,1,3-4H3;5,8H,2,4,6-7H2,1,3H3;6H,4-5H2,1-2H3. The number of anilines is 1. The van der Waals surface area contributed by atoms with Crippen LogP contribution in [0.4, 0.5) is 10.5 Å². The SMILES string of the molecule is C=C(C)C(=O)OCCNC(=O)OCCOC(=O)C(C)CC.C=C(C)C(=O)OCCOC(=O)C(C)(C)CC.C=C(C)C(=O)OCCOC(=O)C(C)CC.C=CC(=O)OCCOC(=O)C(C)CC.CCC(C)C(=O)Nc1ccc(C#N)cc1.CCC(C)C(=O)OC1(C#N)CCCCC1.CCC(C)C(=O)Oc1ccccc1C#N.[C-]#[N+]CC(=O)OC(C)CC. The molecule has 2 aromatic rings. The van der Waals surface area contributed by atoms with Crippen LogP contribution in [-0.2, 0) is 110 Å². The van der Waals surface area contributed by atoms with Crippen LogP contribution in [0.2, 0.25) is 0 Å². The molecule has 2 amide bonds. The van der Waals surface area contributed by atoms with Crippen molar-refractivity contribution in [2.75, 3.05) is 77.9 Å². The predicted octanol–water partition coefficient (Wildman–Crippen LogP) is 15.6. The maximum Gasteiger partial charge on any atom is 0.407 e. The summed E-state index contributed by atoms with van der Waals surface area (Å²) in [5.41, 5.74) is 1.37. The highest BCUT2D eigenvalue weighted by molar-refractivity contribution is 5.92. The normalized spacial score (nSPS) is 12.6. The average molecular weight is 1700 g/mol. The van der Waals surface area contributed by atoms with E-state index in [-0.39, 0.29) is 156 Å². The predicted molar refractivity (Wildman–Crippen MR) is 454 cm³/mol. The monoisotopic (exact) mass is 1700 g/mol. The van der Waals surface area contributed by atoms with E-state index in [0.717, 1.165) is 69.6 Å². The van der Waals surface area contributed by atoms with Gasteiger partial charge in [-0.2, -0.15) is 15.8 Å². The minimum Gasteiger partial charge on any atom is -0.462 e. The van der Waals surface area contributed by atoms with Crippen LogP contribution in [-0.4, -0.2) is 162 Å². The van der Waals surface area contributed by atoms with Crippen molar-refractivity contribution in [1.82, 2.24) is 5.32 Å². The number of ether oxygens (including phenoxy) is 12. The fourth-order valence-corrected chi connectivity index (χ4v) is 7.48. The molecule has 0 bridgehead atoms. The molecular formula is C90H134N6O25. The molecule has 0 spiro atoms. The van der Waals surface area contributed by atoms with Gasteiger partial charge < -0.3 is 72.3 Å². The van der Waals surface area contributed by atoms with E-state index in [1.807, 2.05) is 102 Å². The van der Waals surface area contributed by atoms with Crippen molar-refractivity contribution in [3.63, 3.8) is 0 Å². The number of amides is 2. The Morgan fingerprint density at radius 2 is 0.917 bits per heavy atom. The summed E-state index contributed by atoms with van der Waals surface area (Å²) in [6.45, 7) is 56.7. The molecule has 1 fully saturated rings. The summed E-state index contributed by atoms with van der Waals surface area (Å²) in [7, 11) is 0. The number of hydrogen-bond acceptors (Lipinski definition) is 28. The third-order valence-corrected chi connectivity index (χ3v) is 17.4. The number of alkyl carbamates (subject to hydrolysis) is 1. The van der Waals surface area contributed by atoms with Gasteiger partial charge in [0.15, 0.2) is 5.60 Å². The van der Waals surface area contributed by atoms with Crippen molar-refractivity contribution >= 4 is 83.4 Å². The maximum absolute atomic E-state index is 11.6. The third-order valence-electron chi connectivity index (χ3n) is 17.4. The van der Waals surface area contributed by atoms with Gasteiger partial charge in [0.05, 0.1) is 64.8 Å². The molecule has 7 atom stereocenters. The summed E-state index contributed by atoms with van der Waals surface area (Å²) >= 11 is 0. The van der Waals surface area contributed by atoms with Crippen LogP contribution >= 0.6 is 0 Å². The maximum atomic E-state index is 11.6. The van der Waals surface area contributed by atoms with E-state index < -0.39 is 47.0 Å². The summed E-state index contributed by atoms with van der Waals surface area (Å²) in [6.07, 6.45) is 10.9. The van der Waals surface area contributed by atoms with E-state index in [1.54, 1.807) is 90.1 Å². The van der Waals surface area contributed by atoms with Gasteiger partial charge in [0, 0.05) is 47.2 Å². The first-order valence-electron chi connectivity index (χ1n) is 40.5. The molecule has 0 saturated heterocycles. The van der Waals surface area contributed by atoms with Crippen LogP contribution in [0.15, 0.2) is 97.6 Å². The lowest BCUT2D eigenvalue weighted by Crippen LogP contribution is -2.37. The zero-order valence-electron chi connectivity index (χ0n) is 75.0. The topological polar surface area (TPSA) is 432 Å². The summed E-state index contributed by atoms with van der Waals surface area (Å²) in [5.74, 6) is -4.26. The van der Waals surface area contributed by atoms with Gasteiger partial charge in [-0.05, 0) is 142 Å². The lowest BCUT2D eigenvalue weighted by atomic mass is 9.85. The second kappa shape index (κ2) is 71.2. The molecule has 0 aliphatic heterocycles. The molecule has 1 aliphatic rings. The summed E-state index contributed by atoms with van der Waals surface area (Å²) < 4.78 is 58.6. The molecule has 0 heterocycles. The van der Waals surface area contributed by atoms with Gasteiger partial charge in [0.2, 0.25) is 5.91 Å². The Labute approximate surface area is 717 Å². The minimum absolute atomic E-state index is 0.0145. The second-order valence-corrected chi connectivity index (χ2v) is 28.2. The number of carbonyl (C=O) groups is 13. The molecule has 7 unspecified atom stereocenters. The van der Waals surface area contributed by atoms with Crippen LogP contribution in [0.3, 0.4) is 0 Å². The first-order valence-corrected chi connectivity index (χ1v) is 40.5. The molecule has 674 valence electrons. The average Bonchev–Trinajstić information content (AvgIpc) is 0.856. The number of hydrogen-bond donors (Lipinski definition) is 2. The van der Waals surface area contributed by atoms with Gasteiger partial charge in [-0.1, -0.05) is 142 Å². The second-order valence-electron chi connectivity index (χ2n) is 28.2. The van der Waals surface area contributed by atoms with E-state index in [9.17, 15) is 62.3 Å². The minimum atomic E-state index is -0.821. The van der Waals surface area contributed by atoms with Crippen LogP contribution in [0.1, 0.15) is 233 Å². The molecule has 1 saturated carbocycles. The summed E-state index contributed by atoms with van der Waals surface area (Å²) in [4.78, 5) is 148. The zero-order chi connectivity index (χ0) is 93.7. The van der Waals surface area contributed by atoms with Crippen molar-refractivity contribution in [2.24, 2.45) is 40.9 Å². The molecule has 2 aromatic carbocycles. The fraction of sp³-hybridized carbons (Fsp3) is 0.589. The van der Waals surface area contributed by atoms with Crippen molar-refractivity contribution in [3.05, 3.63) is 120 Å². The number of esters is 11. The first kappa shape index (κ1) is 118. The molecule has 31 heteroatoms. The molecule has 121 heavy (non-hydrogen) atoms. The van der Waals surface area contributed by atoms with Crippen LogP contribution in [0.25, 0.3) is 4.85 Å². The van der Waals surface area contributed by atoms with E-state index >= 15 is 0 Å². The van der Waals surface area contributed by atoms with Crippen molar-refractivity contribution in [2.45, 2.75) is 234 Å². The first-order chi connectivity index (χ1) is 57.0. The van der Waals surface area contributed by atoms with Crippen LogP contribution in [0.5, 0.6) is 5.75 Å². The van der Waals surface area contributed by atoms with Gasteiger partial charge >= 0.3 is 78.3 Å². The van der Waals surface area contributed by atoms with Gasteiger partial charge in [-0.25, -0.2) is 35.3 Å².